The van der Waals surface area contributed by atoms with Crippen LogP contribution in [0.15, 0.2) is 0 Å². The highest BCUT2D eigenvalue weighted by atomic mass is 16.5. The zero-order valence-electron chi connectivity index (χ0n) is 10.7. The molecule has 1 aliphatic heterocycles. The summed E-state index contributed by atoms with van der Waals surface area (Å²) >= 11 is 0. The number of nitrogens with one attached hydrogen (secondary N) is 2. The summed E-state index contributed by atoms with van der Waals surface area (Å²) in [5, 5.41) is 5.97. The lowest BCUT2D eigenvalue weighted by Crippen LogP contribution is -2.44. The molecule has 1 amide bonds. The lowest BCUT2D eigenvalue weighted by Gasteiger charge is -2.17. The molecule has 0 radical (unpaired) electrons. The second-order valence-corrected chi connectivity index (χ2v) is 4.11. The molecule has 100 valence electrons. The standard InChI is InChI=1S/C11H22N2O4/c1-15-7-9(17-3)6-13-11(14)10-4-8(16-2)5-12-10/h8-10,12H,4-7H2,1-3H3,(H,13,14). The highest BCUT2D eigenvalue weighted by Crippen LogP contribution is 2.09. The van der Waals surface area contributed by atoms with Crippen LogP contribution in [-0.4, -0.2) is 65.2 Å². The Kier molecular flexibility index (Phi) is 6.43. The Balaban J connectivity index is 2.25. The Hall–Kier alpha value is -0.690. The van der Waals surface area contributed by atoms with E-state index in [1.807, 2.05) is 0 Å². The Labute approximate surface area is 102 Å². The van der Waals surface area contributed by atoms with E-state index in [1.165, 1.54) is 0 Å². The van der Waals surface area contributed by atoms with Crippen molar-refractivity contribution in [2.75, 3.05) is 41.0 Å². The van der Waals surface area contributed by atoms with Gasteiger partial charge < -0.3 is 24.8 Å². The Morgan fingerprint density at radius 1 is 1.47 bits per heavy atom. The fourth-order valence-electron chi connectivity index (χ4n) is 1.82. The minimum absolute atomic E-state index is 0.0114. The van der Waals surface area contributed by atoms with Crippen LogP contribution in [0.1, 0.15) is 6.42 Å². The van der Waals surface area contributed by atoms with Gasteiger partial charge in [0.15, 0.2) is 0 Å². The van der Waals surface area contributed by atoms with Crippen molar-refractivity contribution in [1.29, 1.82) is 0 Å². The highest BCUT2D eigenvalue weighted by molar-refractivity contribution is 5.82. The van der Waals surface area contributed by atoms with Crippen LogP contribution >= 0.6 is 0 Å². The minimum Gasteiger partial charge on any atom is -0.382 e. The first kappa shape index (κ1) is 14.4. The van der Waals surface area contributed by atoms with Crippen LogP contribution in [-0.2, 0) is 19.0 Å². The second kappa shape index (κ2) is 7.60. The molecular weight excluding hydrogens is 224 g/mol. The molecule has 3 atom stereocenters. The summed E-state index contributed by atoms with van der Waals surface area (Å²) in [4.78, 5) is 11.8. The van der Waals surface area contributed by atoms with Crippen molar-refractivity contribution in [1.82, 2.24) is 10.6 Å². The van der Waals surface area contributed by atoms with Crippen molar-refractivity contribution in [3.63, 3.8) is 0 Å². The van der Waals surface area contributed by atoms with E-state index >= 15 is 0 Å². The van der Waals surface area contributed by atoms with Gasteiger partial charge in [-0.25, -0.2) is 0 Å². The Bertz CT molecular complexity index is 238. The number of hydrogen-bond donors (Lipinski definition) is 2. The van der Waals surface area contributed by atoms with E-state index in [-0.39, 0.29) is 24.2 Å². The van der Waals surface area contributed by atoms with Crippen LogP contribution in [0.3, 0.4) is 0 Å². The maximum Gasteiger partial charge on any atom is 0.237 e. The van der Waals surface area contributed by atoms with Crippen molar-refractivity contribution in [3.05, 3.63) is 0 Å². The first-order valence-corrected chi connectivity index (χ1v) is 5.76. The average molecular weight is 246 g/mol. The summed E-state index contributed by atoms with van der Waals surface area (Å²) in [6.07, 6.45) is 0.732. The van der Waals surface area contributed by atoms with E-state index in [2.05, 4.69) is 10.6 Å². The van der Waals surface area contributed by atoms with Gasteiger partial charge in [-0.1, -0.05) is 0 Å². The molecule has 6 heteroatoms. The quantitative estimate of drug-likeness (QED) is 0.612. The molecule has 1 heterocycles. The predicted octanol–water partition coefficient (Wildman–Crippen LogP) is -0.859. The monoisotopic (exact) mass is 246 g/mol. The number of ether oxygens (including phenoxy) is 3. The second-order valence-electron chi connectivity index (χ2n) is 4.11. The molecule has 3 unspecified atom stereocenters. The summed E-state index contributed by atoms with van der Waals surface area (Å²) in [6, 6.07) is -0.167. The molecule has 0 aromatic heterocycles. The average Bonchev–Trinajstić information content (AvgIpc) is 2.82. The maximum atomic E-state index is 11.8. The largest absolute Gasteiger partial charge is 0.382 e. The molecule has 6 nitrogen and oxygen atoms in total. The zero-order chi connectivity index (χ0) is 12.7. The number of carbonyl (C=O) groups excluding carboxylic acids is 1. The van der Waals surface area contributed by atoms with E-state index in [0.717, 1.165) is 6.54 Å². The van der Waals surface area contributed by atoms with Crippen LogP contribution in [0, 0.1) is 0 Å². The fraction of sp³-hybridized carbons (Fsp3) is 0.909. The van der Waals surface area contributed by atoms with Gasteiger partial charge in [-0.15, -0.1) is 0 Å². The molecule has 1 fully saturated rings. The van der Waals surface area contributed by atoms with Crippen LogP contribution in [0.4, 0.5) is 0 Å². The van der Waals surface area contributed by atoms with Crippen molar-refractivity contribution < 1.29 is 19.0 Å². The summed E-state index contributed by atoms with van der Waals surface area (Å²) in [5.74, 6) is -0.0114. The molecule has 0 aromatic rings. The van der Waals surface area contributed by atoms with E-state index in [1.54, 1.807) is 21.3 Å². The number of hydrogen-bond acceptors (Lipinski definition) is 5. The fourth-order valence-corrected chi connectivity index (χ4v) is 1.82. The van der Waals surface area contributed by atoms with Gasteiger partial charge in [0, 0.05) is 34.4 Å². The zero-order valence-corrected chi connectivity index (χ0v) is 10.7. The van der Waals surface area contributed by atoms with Gasteiger partial charge in [-0.3, -0.25) is 4.79 Å². The van der Waals surface area contributed by atoms with Crippen LogP contribution in [0.25, 0.3) is 0 Å². The molecule has 0 aliphatic carbocycles. The third-order valence-electron chi connectivity index (χ3n) is 2.93. The summed E-state index contributed by atoms with van der Waals surface area (Å²) in [5.41, 5.74) is 0. The highest BCUT2D eigenvalue weighted by Gasteiger charge is 2.29. The first-order chi connectivity index (χ1) is 8.21. The van der Waals surface area contributed by atoms with Crippen molar-refractivity contribution in [2.45, 2.75) is 24.7 Å². The number of carbonyl (C=O) groups is 1. The Morgan fingerprint density at radius 3 is 2.76 bits per heavy atom. The third-order valence-corrected chi connectivity index (χ3v) is 2.93. The number of amides is 1. The molecule has 1 saturated heterocycles. The lowest BCUT2D eigenvalue weighted by molar-refractivity contribution is -0.123. The Morgan fingerprint density at radius 2 is 2.24 bits per heavy atom. The number of rotatable bonds is 7. The molecule has 0 bridgehead atoms. The van der Waals surface area contributed by atoms with E-state index in [0.29, 0.717) is 19.6 Å². The van der Waals surface area contributed by atoms with Gasteiger partial charge in [-0.2, -0.15) is 0 Å². The molecular formula is C11H22N2O4. The van der Waals surface area contributed by atoms with Crippen molar-refractivity contribution in [3.8, 4) is 0 Å². The third kappa shape index (κ3) is 4.59. The van der Waals surface area contributed by atoms with Crippen molar-refractivity contribution in [2.24, 2.45) is 0 Å². The number of methoxy groups -OCH3 is 3. The van der Waals surface area contributed by atoms with Gasteiger partial charge >= 0.3 is 0 Å². The molecule has 1 rings (SSSR count). The van der Waals surface area contributed by atoms with E-state index in [4.69, 9.17) is 14.2 Å². The molecule has 0 aromatic carbocycles. The maximum absolute atomic E-state index is 11.8. The first-order valence-electron chi connectivity index (χ1n) is 5.76. The van der Waals surface area contributed by atoms with Crippen LogP contribution in [0.5, 0.6) is 0 Å². The lowest BCUT2D eigenvalue weighted by atomic mass is 10.2. The summed E-state index contributed by atoms with van der Waals surface area (Å²) in [6.45, 7) is 1.65. The predicted molar refractivity (Wildman–Crippen MR) is 62.9 cm³/mol. The van der Waals surface area contributed by atoms with Crippen molar-refractivity contribution >= 4 is 5.91 Å². The molecule has 17 heavy (non-hydrogen) atoms. The molecule has 0 spiro atoms. The molecule has 0 saturated carbocycles. The minimum atomic E-state index is -0.167. The van der Waals surface area contributed by atoms with Gasteiger partial charge in [0.1, 0.15) is 0 Å². The van der Waals surface area contributed by atoms with Crippen LogP contribution < -0.4 is 10.6 Å². The van der Waals surface area contributed by atoms with Crippen LogP contribution in [0.2, 0.25) is 0 Å². The summed E-state index contributed by atoms with van der Waals surface area (Å²) < 4.78 is 15.3. The molecule has 1 aliphatic rings. The smallest absolute Gasteiger partial charge is 0.237 e. The van der Waals surface area contributed by atoms with Gasteiger partial charge in [0.25, 0.3) is 0 Å². The van der Waals surface area contributed by atoms with Gasteiger partial charge in [0.2, 0.25) is 5.91 Å². The normalized spacial score (nSPS) is 25.8. The van der Waals surface area contributed by atoms with Gasteiger partial charge in [-0.05, 0) is 6.42 Å². The SMILES string of the molecule is COCC(CNC(=O)C1CC(OC)CN1)OC. The summed E-state index contributed by atoms with van der Waals surface area (Å²) in [7, 11) is 4.87. The van der Waals surface area contributed by atoms with Gasteiger partial charge in [0.05, 0.1) is 24.9 Å². The molecule has 2 N–H and O–H groups in total. The van der Waals surface area contributed by atoms with E-state index in [9.17, 15) is 4.79 Å². The topological polar surface area (TPSA) is 68.8 Å². The van der Waals surface area contributed by atoms with E-state index < -0.39 is 0 Å².